The summed E-state index contributed by atoms with van der Waals surface area (Å²) in [6.45, 7) is 9.80. The number of aromatic nitrogens is 1. The minimum Gasteiger partial charge on any atom is -0.311 e. The summed E-state index contributed by atoms with van der Waals surface area (Å²) in [4.78, 5) is 34.5. The fourth-order valence-electron chi connectivity index (χ4n) is 5.58. The number of piperazine rings is 1. The van der Waals surface area contributed by atoms with E-state index in [1.54, 1.807) is 11.3 Å². The second-order valence-electron chi connectivity index (χ2n) is 10.3. The van der Waals surface area contributed by atoms with E-state index in [4.69, 9.17) is 11.6 Å². The molecular formula is C27H29ClN4O2S. The van der Waals surface area contributed by atoms with Gasteiger partial charge in [0.1, 0.15) is 0 Å². The van der Waals surface area contributed by atoms with E-state index in [-0.39, 0.29) is 23.7 Å². The van der Waals surface area contributed by atoms with Crippen LogP contribution in [0.4, 0.5) is 0 Å². The van der Waals surface area contributed by atoms with Crippen molar-refractivity contribution >= 4 is 45.0 Å². The van der Waals surface area contributed by atoms with Gasteiger partial charge in [-0.1, -0.05) is 11.6 Å². The Kier molecular flexibility index (Phi) is 5.72. The monoisotopic (exact) mass is 508 g/mol. The first kappa shape index (κ1) is 23.1. The van der Waals surface area contributed by atoms with E-state index >= 15 is 0 Å². The average molecular weight is 509 g/mol. The highest BCUT2D eigenvalue weighted by atomic mass is 35.5. The molecule has 3 fully saturated rings. The molecule has 2 amide bonds. The molecule has 1 aromatic carbocycles. The molecule has 8 heteroatoms. The van der Waals surface area contributed by atoms with Crippen LogP contribution < -0.4 is 5.32 Å². The Morgan fingerprint density at radius 1 is 1.11 bits per heavy atom. The van der Waals surface area contributed by atoms with Gasteiger partial charge in [-0.25, -0.2) is 0 Å². The van der Waals surface area contributed by atoms with Crippen molar-refractivity contribution in [2.24, 2.45) is 11.8 Å². The first-order valence-electron chi connectivity index (χ1n) is 12.3. The predicted molar refractivity (Wildman–Crippen MR) is 139 cm³/mol. The van der Waals surface area contributed by atoms with Crippen molar-refractivity contribution in [1.82, 2.24) is 20.1 Å². The van der Waals surface area contributed by atoms with Crippen molar-refractivity contribution in [2.45, 2.75) is 52.4 Å². The lowest BCUT2D eigenvalue weighted by Crippen LogP contribution is -2.53. The summed E-state index contributed by atoms with van der Waals surface area (Å²) >= 11 is 8.19. The zero-order chi connectivity index (χ0) is 24.4. The van der Waals surface area contributed by atoms with Gasteiger partial charge in [0.05, 0.1) is 28.6 Å². The Morgan fingerprint density at radius 3 is 2.66 bits per heavy atom. The van der Waals surface area contributed by atoms with E-state index < -0.39 is 0 Å². The van der Waals surface area contributed by atoms with Gasteiger partial charge < -0.3 is 5.32 Å². The van der Waals surface area contributed by atoms with Crippen molar-refractivity contribution in [1.29, 1.82) is 0 Å². The molecule has 2 aromatic heterocycles. The molecule has 4 atom stereocenters. The predicted octanol–water partition coefficient (Wildman–Crippen LogP) is 4.61. The smallest absolute Gasteiger partial charge is 0.233 e. The van der Waals surface area contributed by atoms with Gasteiger partial charge in [-0.15, -0.1) is 11.3 Å². The normalized spacial score (nSPS) is 26.6. The molecule has 6 nitrogen and oxygen atoms in total. The van der Waals surface area contributed by atoms with Gasteiger partial charge in [0.25, 0.3) is 0 Å². The van der Waals surface area contributed by atoms with Crippen LogP contribution >= 0.6 is 22.9 Å². The van der Waals surface area contributed by atoms with E-state index in [2.05, 4.69) is 48.1 Å². The number of imide groups is 1. The van der Waals surface area contributed by atoms with Gasteiger partial charge in [0.15, 0.2) is 0 Å². The Balaban J connectivity index is 1.38. The lowest BCUT2D eigenvalue weighted by atomic mass is 9.95. The van der Waals surface area contributed by atoms with Crippen LogP contribution in [0.2, 0.25) is 5.02 Å². The molecule has 182 valence electrons. The van der Waals surface area contributed by atoms with Gasteiger partial charge in [-0.2, -0.15) is 0 Å². The third-order valence-corrected chi connectivity index (χ3v) is 9.08. The molecule has 2 unspecified atom stereocenters. The molecule has 0 spiro atoms. The van der Waals surface area contributed by atoms with Crippen LogP contribution in [0.1, 0.15) is 36.3 Å². The molecule has 1 aliphatic carbocycles. The Bertz CT molecular complexity index is 1330. The van der Waals surface area contributed by atoms with Crippen LogP contribution in [0.25, 0.3) is 21.3 Å². The van der Waals surface area contributed by atoms with E-state index in [0.717, 1.165) is 57.3 Å². The topological polar surface area (TPSA) is 65.5 Å². The van der Waals surface area contributed by atoms with Crippen LogP contribution in [0.15, 0.2) is 30.5 Å². The summed E-state index contributed by atoms with van der Waals surface area (Å²) in [7, 11) is 0. The summed E-state index contributed by atoms with van der Waals surface area (Å²) in [6, 6.07) is 9.09. The standard InChI is InChI=1S/C27H29ClN4O2S/c1-14-6-17(28)7-20(23(14)13-31-11-15(2)30-10-16(31)3)19-4-5-29-24-8-18(35-25(19)24)12-32-26(33)21-9-22(21)27(32)34/h4-8,15-16,21-22,30H,9-13H2,1-3H3/t15-,16+,21?,22?/m1/s1. The lowest BCUT2D eigenvalue weighted by Gasteiger charge is -2.38. The van der Waals surface area contributed by atoms with Crippen LogP contribution in [0.5, 0.6) is 0 Å². The maximum absolute atomic E-state index is 12.5. The molecule has 3 aliphatic rings. The van der Waals surface area contributed by atoms with Crippen LogP contribution in [0.3, 0.4) is 0 Å². The van der Waals surface area contributed by atoms with Gasteiger partial charge in [-0.05, 0) is 68.1 Å². The van der Waals surface area contributed by atoms with Gasteiger partial charge in [0, 0.05) is 53.4 Å². The number of carbonyl (C=O) groups is 2. The highest BCUT2D eigenvalue weighted by Crippen LogP contribution is 2.48. The minimum absolute atomic E-state index is 0.0160. The number of hydrogen-bond donors (Lipinski definition) is 1. The van der Waals surface area contributed by atoms with E-state index in [1.165, 1.54) is 16.0 Å². The van der Waals surface area contributed by atoms with E-state index in [1.807, 2.05) is 18.3 Å². The number of halogens is 1. The van der Waals surface area contributed by atoms with Crippen molar-refractivity contribution < 1.29 is 9.59 Å². The van der Waals surface area contributed by atoms with Gasteiger partial charge in [-0.3, -0.25) is 24.4 Å². The number of pyridine rings is 1. The van der Waals surface area contributed by atoms with Crippen LogP contribution in [-0.4, -0.2) is 51.8 Å². The quantitative estimate of drug-likeness (QED) is 0.510. The number of rotatable bonds is 5. The third-order valence-electron chi connectivity index (χ3n) is 7.72. The summed E-state index contributed by atoms with van der Waals surface area (Å²) < 4.78 is 1.07. The number of hydrogen-bond acceptors (Lipinski definition) is 6. The zero-order valence-corrected chi connectivity index (χ0v) is 21.7. The molecule has 2 saturated heterocycles. The Morgan fingerprint density at radius 2 is 1.89 bits per heavy atom. The first-order valence-corrected chi connectivity index (χ1v) is 13.5. The minimum atomic E-state index is -0.0716. The number of amides is 2. The molecular weight excluding hydrogens is 480 g/mol. The number of fused-ring (bicyclic) bond motifs is 2. The molecule has 3 aromatic rings. The van der Waals surface area contributed by atoms with Crippen molar-refractivity contribution in [3.8, 4) is 11.1 Å². The maximum atomic E-state index is 12.5. The summed E-state index contributed by atoms with van der Waals surface area (Å²) in [6.07, 6.45) is 2.57. The fourth-order valence-corrected chi connectivity index (χ4v) is 6.99. The number of thiophene rings is 1. The molecule has 4 heterocycles. The van der Waals surface area contributed by atoms with Crippen molar-refractivity contribution in [3.63, 3.8) is 0 Å². The molecule has 35 heavy (non-hydrogen) atoms. The molecule has 1 N–H and O–H groups in total. The summed E-state index contributed by atoms with van der Waals surface area (Å²) in [5, 5.41) is 4.28. The number of aryl methyl sites for hydroxylation is 1. The highest BCUT2D eigenvalue weighted by Gasteiger charge is 2.58. The Hall–Kier alpha value is -2.32. The number of likely N-dealkylation sites (tertiary alicyclic amines) is 1. The summed E-state index contributed by atoms with van der Waals surface area (Å²) in [5.74, 6) is -0.175. The van der Waals surface area contributed by atoms with E-state index in [9.17, 15) is 9.59 Å². The lowest BCUT2D eigenvalue weighted by molar-refractivity contribution is -0.141. The SMILES string of the molecule is Cc1cc(Cl)cc(-c2ccnc3cc(CN4C(=O)C5CC5C4=O)sc23)c1CN1C[C@@H](C)NC[C@@H]1C. The number of nitrogens with zero attached hydrogens (tertiary/aromatic N) is 3. The van der Waals surface area contributed by atoms with Crippen LogP contribution in [-0.2, 0) is 22.7 Å². The molecule has 6 rings (SSSR count). The largest absolute Gasteiger partial charge is 0.311 e. The molecule has 1 saturated carbocycles. The number of benzene rings is 1. The molecule has 2 aliphatic heterocycles. The fraction of sp³-hybridized carbons (Fsp3) is 0.444. The van der Waals surface area contributed by atoms with Crippen LogP contribution in [0, 0.1) is 18.8 Å². The number of piperidine rings is 1. The van der Waals surface area contributed by atoms with Gasteiger partial charge >= 0.3 is 0 Å². The third kappa shape index (κ3) is 4.08. The molecule has 0 radical (unpaired) electrons. The average Bonchev–Trinajstić information content (AvgIpc) is 3.46. The highest BCUT2D eigenvalue weighted by molar-refractivity contribution is 7.19. The van der Waals surface area contributed by atoms with Crippen molar-refractivity contribution in [3.05, 3.63) is 51.5 Å². The van der Waals surface area contributed by atoms with E-state index in [0.29, 0.717) is 18.6 Å². The number of nitrogens with one attached hydrogen (secondary N) is 1. The van der Waals surface area contributed by atoms with Gasteiger partial charge in [0.2, 0.25) is 11.8 Å². The zero-order valence-electron chi connectivity index (χ0n) is 20.2. The first-order chi connectivity index (χ1) is 16.8. The Labute approximate surface area is 214 Å². The second kappa shape index (κ2) is 8.66. The second-order valence-corrected chi connectivity index (χ2v) is 11.9. The molecule has 0 bridgehead atoms. The maximum Gasteiger partial charge on any atom is 0.233 e. The van der Waals surface area contributed by atoms with Crippen molar-refractivity contribution in [2.75, 3.05) is 13.1 Å². The number of carbonyl (C=O) groups excluding carboxylic acids is 2. The summed E-state index contributed by atoms with van der Waals surface area (Å²) in [5.41, 5.74) is 5.58.